The van der Waals surface area contributed by atoms with E-state index in [1.165, 1.54) is 12.8 Å². The molecule has 1 amide bonds. The molecule has 35 heavy (non-hydrogen) atoms. The molecule has 6 rings (SSSR count). The van der Waals surface area contributed by atoms with Gasteiger partial charge in [-0.25, -0.2) is 15.0 Å². The Morgan fingerprint density at radius 3 is 2.46 bits per heavy atom. The summed E-state index contributed by atoms with van der Waals surface area (Å²) in [6.45, 7) is 2.80. The number of rotatable bonds is 5. The molecule has 4 heterocycles. The van der Waals surface area contributed by atoms with Crippen molar-refractivity contribution in [3.63, 3.8) is 0 Å². The number of halogens is 2. The lowest BCUT2D eigenvalue weighted by molar-refractivity contribution is -0.133. The molecule has 3 aliphatic rings. The molecule has 1 aliphatic carbocycles. The number of amides is 1. The maximum Gasteiger partial charge on any atom is 0.226 e. The van der Waals surface area contributed by atoms with E-state index in [2.05, 4.69) is 29.7 Å². The van der Waals surface area contributed by atoms with E-state index in [1.54, 1.807) is 6.33 Å². The quantitative estimate of drug-likeness (QED) is 0.537. The van der Waals surface area contributed by atoms with Crippen molar-refractivity contribution in [3.8, 4) is 11.1 Å². The second-order valence-electron chi connectivity index (χ2n) is 9.83. The molecule has 1 N–H and O–H groups in total. The van der Waals surface area contributed by atoms with Gasteiger partial charge in [-0.05, 0) is 61.8 Å². The van der Waals surface area contributed by atoms with Gasteiger partial charge in [-0.3, -0.25) is 4.79 Å². The predicted molar refractivity (Wildman–Crippen MR) is 137 cm³/mol. The number of fused-ring (bicyclic) bond motifs is 1. The first-order valence-corrected chi connectivity index (χ1v) is 13.2. The first-order chi connectivity index (χ1) is 17.1. The average molecular weight is 511 g/mol. The van der Waals surface area contributed by atoms with Gasteiger partial charge in [-0.1, -0.05) is 23.2 Å². The van der Waals surface area contributed by atoms with Crippen LogP contribution in [0.5, 0.6) is 0 Å². The Kier molecular flexibility index (Phi) is 6.14. The van der Waals surface area contributed by atoms with Gasteiger partial charge in [0.05, 0.1) is 12.0 Å². The number of carbonyl (C=O) groups is 1. The van der Waals surface area contributed by atoms with Gasteiger partial charge in [-0.15, -0.1) is 0 Å². The van der Waals surface area contributed by atoms with Gasteiger partial charge in [-0.2, -0.15) is 0 Å². The Morgan fingerprint density at radius 1 is 0.971 bits per heavy atom. The first kappa shape index (κ1) is 22.8. The van der Waals surface area contributed by atoms with Gasteiger partial charge in [0.2, 0.25) is 11.9 Å². The zero-order chi connectivity index (χ0) is 23.9. The van der Waals surface area contributed by atoms with Crippen LogP contribution < -0.4 is 4.90 Å². The largest absolute Gasteiger partial charge is 0.348 e. The maximum absolute atomic E-state index is 13.3. The van der Waals surface area contributed by atoms with Crippen LogP contribution in [0.25, 0.3) is 11.1 Å². The van der Waals surface area contributed by atoms with Crippen LogP contribution in [0.3, 0.4) is 0 Å². The number of aryl methyl sites for hydroxylation is 1. The molecular formula is C26H28Cl2N6O. The van der Waals surface area contributed by atoms with E-state index in [0.29, 0.717) is 16.5 Å². The van der Waals surface area contributed by atoms with Crippen LogP contribution in [-0.2, 0) is 24.1 Å². The lowest BCUT2D eigenvalue weighted by Crippen LogP contribution is -2.41. The van der Waals surface area contributed by atoms with E-state index in [0.717, 1.165) is 79.3 Å². The van der Waals surface area contributed by atoms with Crippen LogP contribution in [0.1, 0.15) is 42.6 Å². The van der Waals surface area contributed by atoms with E-state index in [-0.39, 0.29) is 17.9 Å². The Bertz CT molecular complexity index is 1210. The summed E-state index contributed by atoms with van der Waals surface area (Å²) in [5.41, 5.74) is 4.90. The van der Waals surface area contributed by atoms with E-state index in [1.807, 2.05) is 24.5 Å². The van der Waals surface area contributed by atoms with Crippen LogP contribution >= 0.6 is 23.2 Å². The van der Waals surface area contributed by atoms with E-state index in [4.69, 9.17) is 23.2 Å². The molecule has 7 nitrogen and oxygen atoms in total. The molecule has 0 saturated carbocycles. The number of hydrogen-bond acceptors (Lipinski definition) is 5. The molecule has 9 heteroatoms. The highest BCUT2D eigenvalue weighted by Crippen LogP contribution is 2.36. The number of carbonyl (C=O) groups excluding carboxylic acids is 1. The Balaban J connectivity index is 1.15. The Labute approximate surface area is 214 Å². The van der Waals surface area contributed by atoms with Crippen molar-refractivity contribution in [1.82, 2.24) is 24.8 Å². The average Bonchev–Trinajstić information content (AvgIpc) is 3.63. The van der Waals surface area contributed by atoms with Crippen LogP contribution in [0.15, 0.2) is 30.9 Å². The second kappa shape index (κ2) is 9.43. The normalized spacial score (nSPS) is 22.2. The van der Waals surface area contributed by atoms with Crippen LogP contribution in [0, 0.1) is 5.92 Å². The molecular weight excluding hydrogens is 483 g/mol. The summed E-state index contributed by atoms with van der Waals surface area (Å²) in [4.78, 5) is 34.3. The van der Waals surface area contributed by atoms with Gasteiger partial charge < -0.3 is 14.8 Å². The zero-order valence-corrected chi connectivity index (χ0v) is 21.0. The number of likely N-dealkylation sites (tertiary alicyclic amines) is 1. The van der Waals surface area contributed by atoms with Gasteiger partial charge >= 0.3 is 0 Å². The van der Waals surface area contributed by atoms with E-state index < -0.39 is 0 Å². The minimum atomic E-state index is -0.0953. The fraction of sp³-hybridized carbons (Fsp3) is 0.462. The van der Waals surface area contributed by atoms with Crippen molar-refractivity contribution >= 4 is 35.1 Å². The van der Waals surface area contributed by atoms with Crippen LogP contribution in [0.2, 0.25) is 10.0 Å². The first-order valence-electron chi connectivity index (χ1n) is 12.4. The summed E-state index contributed by atoms with van der Waals surface area (Å²) in [6.07, 6.45) is 11.9. The smallest absolute Gasteiger partial charge is 0.226 e. The Hall–Kier alpha value is -2.64. The molecule has 0 spiro atoms. The fourth-order valence-electron chi connectivity index (χ4n) is 5.73. The molecule has 182 valence electrons. The maximum atomic E-state index is 13.3. The number of nitrogens with one attached hydrogen (secondary N) is 1. The molecule has 2 atom stereocenters. The summed E-state index contributed by atoms with van der Waals surface area (Å²) >= 11 is 13.4. The number of hydrogen-bond donors (Lipinski definition) is 1. The molecule has 2 aromatic heterocycles. The SMILES string of the molecule is O=C1[C@H](Cc2c(Cl)cc(-c3cnc(N4CCCC4)nc3)cc2Cl)CCN1C1CCc2nc[nH]c2C1. The van der Waals surface area contributed by atoms with Crippen molar-refractivity contribution in [2.75, 3.05) is 24.5 Å². The zero-order valence-electron chi connectivity index (χ0n) is 19.5. The number of aromatic nitrogens is 4. The number of H-pyrrole nitrogens is 1. The third-order valence-corrected chi connectivity index (χ3v) is 8.38. The van der Waals surface area contributed by atoms with Crippen molar-refractivity contribution in [1.29, 1.82) is 0 Å². The van der Waals surface area contributed by atoms with Crippen LogP contribution in [0.4, 0.5) is 5.95 Å². The molecule has 1 aromatic carbocycles. The number of nitrogens with zero attached hydrogens (tertiary/aromatic N) is 5. The fourth-order valence-corrected chi connectivity index (χ4v) is 6.37. The number of benzene rings is 1. The van der Waals surface area contributed by atoms with Gasteiger partial charge in [0.25, 0.3) is 0 Å². The third-order valence-electron chi connectivity index (χ3n) is 7.71. The number of anilines is 1. The highest BCUT2D eigenvalue weighted by atomic mass is 35.5. The van der Waals surface area contributed by atoms with Crippen molar-refractivity contribution in [3.05, 3.63) is 57.9 Å². The van der Waals surface area contributed by atoms with Crippen molar-refractivity contribution < 1.29 is 4.79 Å². The number of aromatic amines is 1. The molecule has 3 aromatic rings. The van der Waals surface area contributed by atoms with Crippen molar-refractivity contribution in [2.24, 2.45) is 5.92 Å². The van der Waals surface area contributed by atoms with Gasteiger partial charge in [0, 0.05) is 71.7 Å². The van der Waals surface area contributed by atoms with Gasteiger partial charge in [0.15, 0.2) is 0 Å². The summed E-state index contributed by atoms with van der Waals surface area (Å²) in [5.74, 6) is 0.883. The highest BCUT2D eigenvalue weighted by Gasteiger charge is 2.38. The van der Waals surface area contributed by atoms with Crippen molar-refractivity contribution in [2.45, 2.75) is 51.0 Å². The monoisotopic (exact) mass is 510 g/mol. The number of imidazole rings is 1. The summed E-state index contributed by atoms with van der Waals surface area (Å²) in [5, 5.41) is 1.17. The minimum Gasteiger partial charge on any atom is -0.348 e. The molecule has 2 aliphatic heterocycles. The lowest BCUT2D eigenvalue weighted by atomic mass is 9.94. The lowest BCUT2D eigenvalue weighted by Gasteiger charge is -2.31. The summed E-state index contributed by atoms with van der Waals surface area (Å²) in [7, 11) is 0. The standard InChI is InChI=1S/C26H28Cl2N6O/c27-21-10-17(18-13-29-26(30-14-18)33-6-1-2-7-33)11-22(28)20(21)9-16-5-8-34(25(16)35)19-3-4-23-24(12-19)32-15-31-23/h10-11,13-16,19H,1-9,12H2,(H,31,32)/t16-,19?/m0/s1. The summed E-state index contributed by atoms with van der Waals surface area (Å²) < 4.78 is 0. The predicted octanol–water partition coefficient (Wildman–Crippen LogP) is 4.72. The molecule has 2 saturated heterocycles. The van der Waals surface area contributed by atoms with E-state index in [9.17, 15) is 4.79 Å². The minimum absolute atomic E-state index is 0.0953. The summed E-state index contributed by atoms with van der Waals surface area (Å²) in [6, 6.07) is 4.06. The second-order valence-corrected chi connectivity index (χ2v) is 10.6. The molecule has 0 radical (unpaired) electrons. The van der Waals surface area contributed by atoms with Crippen LogP contribution in [-0.4, -0.2) is 56.4 Å². The third kappa shape index (κ3) is 4.40. The molecule has 0 bridgehead atoms. The topological polar surface area (TPSA) is 78.0 Å². The Morgan fingerprint density at radius 2 is 1.71 bits per heavy atom. The molecule has 1 unspecified atom stereocenters. The van der Waals surface area contributed by atoms with E-state index >= 15 is 0 Å². The highest BCUT2D eigenvalue weighted by molar-refractivity contribution is 6.36. The van der Waals surface area contributed by atoms with Gasteiger partial charge in [0.1, 0.15) is 0 Å². The molecule has 2 fully saturated rings.